The van der Waals surface area contributed by atoms with Crippen molar-refractivity contribution in [3.05, 3.63) is 36.0 Å². The van der Waals surface area contributed by atoms with Gasteiger partial charge in [0, 0.05) is 38.9 Å². The molecule has 3 aromatic rings. The zero-order valence-corrected chi connectivity index (χ0v) is 15.6. The molecule has 1 saturated heterocycles. The minimum atomic E-state index is 0.770. The van der Waals surface area contributed by atoms with Crippen molar-refractivity contribution < 1.29 is 0 Å². The van der Waals surface area contributed by atoms with Crippen LogP contribution in [0.1, 0.15) is 12.5 Å². The van der Waals surface area contributed by atoms with Gasteiger partial charge in [-0.25, -0.2) is 0 Å². The molecule has 0 aliphatic carbocycles. The minimum Gasteiger partial charge on any atom is -0.339 e. The van der Waals surface area contributed by atoms with Gasteiger partial charge in [-0.3, -0.25) is 4.68 Å². The second-order valence-corrected chi connectivity index (χ2v) is 6.79. The third-order valence-electron chi connectivity index (χ3n) is 4.96. The quantitative estimate of drug-likeness (QED) is 0.779. The molecule has 2 aromatic heterocycles. The van der Waals surface area contributed by atoms with Gasteiger partial charge in [0.2, 0.25) is 5.95 Å². The molecule has 1 aliphatic heterocycles. The maximum absolute atomic E-state index is 4.85. The van der Waals surface area contributed by atoms with Crippen LogP contribution < -0.4 is 10.2 Å². The Balaban J connectivity index is 1.70. The SMILES string of the molecule is CCN1CCN(c2nc(Nc3cccc(C)c3)c3cnn(C)c3n2)CC1. The Bertz CT molecular complexity index is 909. The molecule has 1 aromatic carbocycles. The van der Waals surface area contributed by atoms with Crippen LogP contribution in [0.3, 0.4) is 0 Å². The zero-order chi connectivity index (χ0) is 18.1. The maximum atomic E-state index is 4.85. The number of rotatable bonds is 4. The summed E-state index contributed by atoms with van der Waals surface area (Å²) in [5, 5.41) is 8.77. The topological polar surface area (TPSA) is 62.1 Å². The predicted octanol–water partition coefficient (Wildman–Crippen LogP) is 2.56. The maximum Gasteiger partial charge on any atom is 0.229 e. The molecule has 0 amide bonds. The first-order chi connectivity index (χ1) is 12.6. The Morgan fingerprint density at radius 2 is 1.92 bits per heavy atom. The van der Waals surface area contributed by atoms with Crippen LogP contribution in [0.4, 0.5) is 17.5 Å². The van der Waals surface area contributed by atoms with E-state index >= 15 is 0 Å². The van der Waals surface area contributed by atoms with Crippen LogP contribution >= 0.6 is 0 Å². The second kappa shape index (κ2) is 6.92. The summed E-state index contributed by atoms with van der Waals surface area (Å²) in [6.45, 7) is 9.37. The number of piperazine rings is 1. The van der Waals surface area contributed by atoms with Gasteiger partial charge in [-0.1, -0.05) is 19.1 Å². The molecule has 1 fully saturated rings. The van der Waals surface area contributed by atoms with E-state index in [9.17, 15) is 0 Å². The van der Waals surface area contributed by atoms with Gasteiger partial charge in [-0.2, -0.15) is 15.1 Å². The van der Waals surface area contributed by atoms with Crippen molar-refractivity contribution in [2.45, 2.75) is 13.8 Å². The number of aryl methyl sites for hydroxylation is 2. The molecule has 1 N–H and O–H groups in total. The summed E-state index contributed by atoms with van der Waals surface area (Å²) < 4.78 is 1.81. The van der Waals surface area contributed by atoms with Gasteiger partial charge in [0.1, 0.15) is 5.82 Å². The lowest BCUT2D eigenvalue weighted by Gasteiger charge is -2.34. The van der Waals surface area contributed by atoms with E-state index < -0.39 is 0 Å². The lowest BCUT2D eigenvalue weighted by molar-refractivity contribution is 0.270. The number of anilines is 3. The zero-order valence-electron chi connectivity index (χ0n) is 15.6. The normalized spacial score (nSPS) is 15.6. The van der Waals surface area contributed by atoms with Crippen LogP contribution in [-0.2, 0) is 7.05 Å². The predicted molar refractivity (Wildman–Crippen MR) is 105 cm³/mol. The molecular weight excluding hydrogens is 326 g/mol. The number of nitrogens with one attached hydrogen (secondary N) is 1. The van der Waals surface area contributed by atoms with Crippen LogP contribution in [-0.4, -0.2) is 57.4 Å². The molecule has 0 atom stereocenters. The third kappa shape index (κ3) is 3.22. The number of likely N-dealkylation sites (N-methyl/N-ethyl adjacent to an activating group) is 1. The van der Waals surface area contributed by atoms with Crippen molar-refractivity contribution in [1.29, 1.82) is 0 Å². The first-order valence-electron chi connectivity index (χ1n) is 9.15. The number of hydrogen-bond donors (Lipinski definition) is 1. The fourth-order valence-electron chi connectivity index (χ4n) is 3.37. The minimum absolute atomic E-state index is 0.770. The van der Waals surface area contributed by atoms with Gasteiger partial charge >= 0.3 is 0 Å². The summed E-state index contributed by atoms with van der Waals surface area (Å²) in [7, 11) is 1.92. The smallest absolute Gasteiger partial charge is 0.229 e. The van der Waals surface area contributed by atoms with Gasteiger partial charge in [0.25, 0.3) is 0 Å². The van der Waals surface area contributed by atoms with Crippen LogP contribution in [0, 0.1) is 6.92 Å². The molecule has 7 heteroatoms. The summed E-state index contributed by atoms with van der Waals surface area (Å²) in [5.41, 5.74) is 3.08. The molecule has 1 aliphatic rings. The van der Waals surface area contributed by atoms with E-state index in [1.54, 1.807) is 0 Å². The van der Waals surface area contributed by atoms with Crippen molar-refractivity contribution in [2.24, 2.45) is 7.05 Å². The van der Waals surface area contributed by atoms with E-state index in [0.29, 0.717) is 0 Å². The number of hydrogen-bond acceptors (Lipinski definition) is 6. The highest BCUT2D eigenvalue weighted by atomic mass is 15.4. The summed E-state index contributed by atoms with van der Waals surface area (Å²) >= 11 is 0. The Morgan fingerprint density at radius 1 is 1.12 bits per heavy atom. The summed E-state index contributed by atoms with van der Waals surface area (Å²) in [6, 6.07) is 8.30. The van der Waals surface area contributed by atoms with E-state index in [1.807, 2.05) is 24.0 Å². The monoisotopic (exact) mass is 351 g/mol. The average Bonchev–Trinajstić information content (AvgIpc) is 3.03. The number of nitrogens with zero attached hydrogens (tertiary/aromatic N) is 6. The van der Waals surface area contributed by atoms with Crippen molar-refractivity contribution in [3.8, 4) is 0 Å². The molecular formula is C19H25N7. The Morgan fingerprint density at radius 3 is 2.65 bits per heavy atom. The van der Waals surface area contributed by atoms with Gasteiger partial charge in [-0.15, -0.1) is 0 Å². The van der Waals surface area contributed by atoms with E-state index in [0.717, 1.165) is 61.2 Å². The molecule has 0 bridgehead atoms. The number of benzene rings is 1. The molecule has 0 spiro atoms. The summed E-state index contributed by atoms with van der Waals surface area (Å²) in [5.74, 6) is 1.58. The van der Waals surface area contributed by atoms with Crippen LogP contribution in [0.2, 0.25) is 0 Å². The van der Waals surface area contributed by atoms with E-state index in [1.165, 1.54) is 5.56 Å². The summed E-state index contributed by atoms with van der Waals surface area (Å²) in [6.07, 6.45) is 1.83. The van der Waals surface area contributed by atoms with E-state index in [4.69, 9.17) is 9.97 Å². The second-order valence-electron chi connectivity index (χ2n) is 6.79. The molecule has 136 valence electrons. The van der Waals surface area contributed by atoms with Crippen molar-refractivity contribution in [2.75, 3.05) is 42.9 Å². The standard InChI is InChI=1S/C19H25N7/c1-4-25-8-10-26(11-9-25)19-22-17(16-13-20-24(3)18(16)23-19)21-15-7-5-6-14(2)12-15/h5-7,12-13H,4,8-11H2,1-3H3,(H,21,22,23). The highest BCUT2D eigenvalue weighted by Gasteiger charge is 2.20. The molecule has 7 nitrogen and oxygen atoms in total. The molecule has 0 saturated carbocycles. The van der Waals surface area contributed by atoms with Crippen molar-refractivity contribution >= 4 is 28.5 Å². The molecule has 0 radical (unpaired) electrons. The van der Waals surface area contributed by atoms with Crippen LogP contribution in [0.15, 0.2) is 30.5 Å². The molecule has 26 heavy (non-hydrogen) atoms. The third-order valence-corrected chi connectivity index (χ3v) is 4.96. The molecule has 0 unspecified atom stereocenters. The molecule has 4 rings (SSSR count). The van der Waals surface area contributed by atoms with Gasteiger partial charge in [0.05, 0.1) is 11.6 Å². The lowest BCUT2D eigenvalue weighted by Crippen LogP contribution is -2.46. The fraction of sp³-hybridized carbons (Fsp3) is 0.421. The van der Waals surface area contributed by atoms with E-state index in [-0.39, 0.29) is 0 Å². The highest BCUT2D eigenvalue weighted by Crippen LogP contribution is 2.26. The first-order valence-corrected chi connectivity index (χ1v) is 9.15. The average molecular weight is 351 g/mol. The van der Waals surface area contributed by atoms with Gasteiger partial charge < -0.3 is 15.1 Å². The van der Waals surface area contributed by atoms with Crippen LogP contribution in [0.5, 0.6) is 0 Å². The first kappa shape index (κ1) is 16.8. The van der Waals surface area contributed by atoms with E-state index in [2.05, 4.69) is 52.3 Å². The Labute approximate surface area is 153 Å². The lowest BCUT2D eigenvalue weighted by atomic mass is 10.2. The van der Waals surface area contributed by atoms with Gasteiger partial charge in [-0.05, 0) is 31.2 Å². The number of fused-ring (bicyclic) bond motifs is 1. The number of aromatic nitrogens is 4. The summed E-state index contributed by atoms with van der Waals surface area (Å²) in [4.78, 5) is 14.3. The largest absolute Gasteiger partial charge is 0.339 e. The Hall–Kier alpha value is -2.67. The van der Waals surface area contributed by atoms with Crippen LogP contribution in [0.25, 0.3) is 11.0 Å². The Kier molecular flexibility index (Phi) is 4.46. The molecule has 3 heterocycles. The fourth-order valence-corrected chi connectivity index (χ4v) is 3.37. The van der Waals surface area contributed by atoms with Crippen molar-refractivity contribution in [1.82, 2.24) is 24.6 Å². The van der Waals surface area contributed by atoms with Crippen molar-refractivity contribution in [3.63, 3.8) is 0 Å². The van der Waals surface area contributed by atoms with Gasteiger partial charge in [0.15, 0.2) is 5.65 Å². The highest BCUT2D eigenvalue weighted by molar-refractivity contribution is 5.89.